The van der Waals surface area contributed by atoms with Gasteiger partial charge in [-0.2, -0.15) is 0 Å². The van der Waals surface area contributed by atoms with Crippen LogP contribution in [0, 0.1) is 0 Å². The Kier molecular flexibility index (Phi) is 8.16. The molecule has 152 valence electrons. The molecule has 2 aromatic rings. The molecular formula is C20H24Cl2N2O3S. The molecule has 8 heteroatoms. The Morgan fingerprint density at radius 2 is 1.71 bits per heavy atom. The maximum Gasteiger partial charge on any atom is 0.243 e. The summed E-state index contributed by atoms with van der Waals surface area (Å²) >= 11 is 12.1. The van der Waals surface area contributed by atoms with Crippen LogP contribution in [0.4, 0.5) is 5.69 Å². The van der Waals surface area contributed by atoms with Crippen molar-refractivity contribution in [3.63, 3.8) is 0 Å². The summed E-state index contributed by atoms with van der Waals surface area (Å²) in [6, 6.07) is 13.6. The molecule has 1 N–H and O–H groups in total. The van der Waals surface area contributed by atoms with Crippen LogP contribution in [0.3, 0.4) is 0 Å². The van der Waals surface area contributed by atoms with Crippen molar-refractivity contribution >= 4 is 44.8 Å². The third kappa shape index (κ3) is 6.40. The summed E-state index contributed by atoms with van der Waals surface area (Å²) < 4.78 is 25.9. The van der Waals surface area contributed by atoms with E-state index in [1.165, 1.54) is 23.8 Å². The van der Waals surface area contributed by atoms with E-state index < -0.39 is 16.1 Å². The first kappa shape index (κ1) is 22.5. The van der Waals surface area contributed by atoms with E-state index in [1.807, 2.05) is 30.3 Å². The van der Waals surface area contributed by atoms with E-state index in [0.29, 0.717) is 23.0 Å². The van der Waals surface area contributed by atoms with Crippen molar-refractivity contribution in [2.45, 2.75) is 32.2 Å². The van der Waals surface area contributed by atoms with Crippen LogP contribution < -0.4 is 9.62 Å². The van der Waals surface area contributed by atoms with Crippen LogP contribution in [0.15, 0.2) is 48.5 Å². The van der Waals surface area contributed by atoms with Gasteiger partial charge in [0.15, 0.2) is 0 Å². The number of nitrogens with zero attached hydrogens (tertiary/aromatic N) is 1. The molecule has 0 radical (unpaired) electrons. The quantitative estimate of drug-likeness (QED) is 0.588. The minimum atomic E-state index is -3.73. The van der Waals surface area contributed by atoms with Crippen LogP contribution in [0.2, 0.25) is 10.0 Å². The van der Waals surface area contributed by atoms with Gasteiger partial charge in [0.25, 0.3) is 0 Å². The molecule has 0 fully saturated rings. The third-order valence-electron chi connectivity index (χ3n) is 4.22. The fourth-order valence-corrected chi connectivity index (χ4v) is 4.70. The molecule has 0 aliphatic heterocycles. The summed E-state index contributed by atoms with van der Waals surface area (Å²) in [4.78, 5) is 12.7. The van der Waals surface area contributed by atoms with E-state index in [4.69, 9.17) is 23.2 Å². The summed E-state index contributed by atoms with van der Waals surface area (Å²) in [6.45, 7) is 2.22. The molecule has 1 atom stereocenters. The smallest absolute Gasteiger partial charge is 0.243 e. The van der Waals surface area contributed by atoms with Gasteiger partial charge in [-0.25, -0.2) is 8.42 Å². The number of carbonyl (C=O) groups excluding carboxylic acids is 1. The van der Waals surface area contributed by atoms with E-state index in [2.05, 4.69) is 5.32 Å². The molecule has 0 saturated heterocycles. The Hall–Kier alpha value is -1.76. The average molecular weight is 443 g/mol. The highest BCUT2D eigenvalue weighted by Crippen LogP contribution is 2.29. The van der Waals surface area contributed by atoms with Gasteiger partial charge in [0.05, 0.1) is 11.9 Å². The largest absolute Gasteiger partial charge is 0.354 e. The van der Waals surface area contributed by atoms with Gasteiger partial charge in [0.1, 0.15) is 6.04 Å². The average Bonchev–Trinajstić information content (AvgIpc) is 2.61. The van der Waals surface area contributed by atoms with Crippen LogP contribution in [0.5, 0.6) is 0 Å². The Morgan fingerprint density at radius 1 is 1.11 bits per heavy atom. The molecule has 0 aromatic heterocycles. The minimum absolute atomic E-state index is 0.270. The van der Waals surface area contributed by atoms with Crippen molar-refractivity contribution < 1.29 is 13.2 Å². The van der Waals surface area contributed by atoms with Crippen LogP contribution in [0.1, 0.15) is 25.3 Å². The number of rotatable bonds is 9. The summed E-state index contributed by atoms with van der Waals surface area (Å²) in [5, 5.41) is 3.44. The fourth-order valence-electron chi connectivity index (χ4n) is 2.99. The number of hydrogen-bond donors (Lipinski definition) is 1. The first-order chi connectivity index (χ1) is 13.2. The number of hydrogen-bond acceptors (Lipinski definition) is 3. The van der Waals surface area contributed by atoms with Crippen LogP contribution in [-0.2, 0) is 21.2 Å². The lowest BCUT2D eigenvalue weighted by atomic mass is 10.1. The molecule has 2 aromatic carbocycles. The normalized spacial score (nSPS) is 12.4. The monoisotopic (exact) mass is 442 g/mol. The highest BCUT2D eigenvalue weighted by atomic mass is 35.5. The standard InChI is InChI=1S/C20H24Cl2N2O3S/c1-3-19(20(25)23-11-7-10-15-8-5-4-6-9-15)24(28(2,26)27)18-13-16(21)12-17(22)14-18/h4-6,8-9,12-14,19H,3,7,10-11H2,1-2H3,(H,23,25)/t19-/m1/s1. The van der Waals surface area contributed by atoms with Gasteiger partial charge in [-0.05, 0) is 43.0 Å². The van der Waals surface area contributed by atoms with Gasteiger partial charge >= 0.3 is 0 Å². The second-order valence-electron chi connectivity index (χ2n) is 6.49. The lowest BCUT2D eigenvalue weighted by molar-refractivity contribution is -0.122. The van der Waals surface area contributed by atoms with Crippen LogP contribution in [0.25, 0.3) is 0 Å². The lowest BCUT2D eigenvalue weighted by Gasteiger charge is -2.30. The molecule has 0 bridgehead atoms. The molecular weight excluding hydrogens is 419 g/mol. The highest BCUT2D eigenvalue weighted by Gasteiger charge is 2.31. The number of anilines is 1. The molecule has 5 nitrogen and oxygen atoms in total. The zero-order chi connectivity index (χ0) is 20.7. The minimum Gasteiger partial charge on any atom is -0.354 e. The maximum atomic E-state index is 12.7. The molecule has 0 heterocycles. The molecule has 0 saturated carbocycles. The molecule has 28 heavy (non-hydrogen) atoms. The van der Waals surface area contributed by atoms with Crippen molar-refractivity contribution in [3.8, 4) is 0 Å². The van der Waals surface area contributed by atoms with Gasteiger partial charge in [-0.3, -0.25) is 9.10 Å². The Bertz CT molecular complexity index is 885. The number of amides is 1. The molecule has 0 unspecified atom stereocenters. The van der Waals surface area contributed by atoms with Crippen molar-refractivity contribution in [3.05, 3.63) is 64.1 Å². The van der Waals surface area contributed by atoms with Gasteiger partial charge in [-0.1, -0.05) is 60.5 Å². The van der Waals surface area contributed by atoms with Crippen molar-refractivity contribution in [1.29, 1.82) is 0 Å². The number of aryl methyl sites for hydroxylation is 1. The number of carbonyl (C=O) groups is 1. The fraction of sp³-hybridized carbons (Fsp3) is 0.350. The predicted octanol–water partition coefficient (Wildman–Crippen LogP) is 4.29. The maximum absolute atomic E-state index is 12.7. The molecule has 2 rings (SSSR count). The molecule has 0 aliphatic rings. The third-order valence-corrected chi connectivity index (χ3v) is 5.83. The van der Waals surface area contributed by atoms with Crippen molar-refractivity contribution in [1.82, 2.24) is 5.32 Å². The predicted molar refractivity (Wildman–Crippen MR) is 116 cm³/mol. The van der Waals surface area contributed by atoms with Gasteiger partial charge in [0, 0.05) is 16.6 Å². The highest BCUT2D eigenvalue weighted by molar-refractivity contribution is 7.92. The molecule has 1 amide bonds. The van der Waals surface area contributed by atoms with Crippen LogP contribution >= 0.6 is 23.2 Å². The second kappa shape index (κ2) is 10.1. The molecule has 0 aliphatic carbocycles. The van der Waals surface area contributed by atoms with E-state index in [0.717, 1.165) is 23.4 Å². The first-order valence-electron chi connectivity index (χ1n) is 8.99. The van der Waals surface area contributed by atoms with E-state index in [-0.39, 0.29) is 11.6 Å². The van der Waals surface area contributed by atoms with E-state index in [9.17, 15) is 13.2 Å². The van der Waals surface area contributed by atoms with Gasteiger partial charge < -0.3 is 5.32 Å². The summed E-state index contributed by atoms with van der Waals surface area (Å²) in [5.74, 6) is -0.350. The summed E-state index contributed by atoms with van der Waals surface area (Å²) in [6.07, 6.45) is 2.96. The first-order valence-corrected chi connectivity index (χ1v) is 11.6. The van der Waals surface area contributed by atoms with Crippen LogP contribution in [-0.4, -0.2) is 33.2 Å². The van der Waals surface area contributed by atoms with Crippen molar-refractivity contribution in [2.24, 2.45) is 0 Å². The van der Waals surface area contributed by atoms with Gasteiger partial charge in [-0.15, -0.1) is 0 Å². The number of benzene rings is 2. The number of sulfonamides is 1. The number of nitrogens with one attached hydrogen (secondary N) is 1. The summed E-state index contributed by atoms with van der Waals surface area (Å²) in [7, 11) is -3.73. The Labute approximate surface area is 176 Å². The van der Waals surface area contributed by atoms with E-state index >= 15 is 0 Å². The van der Waals surface area contributed by atoms with Crippen molar-refractivity contribution in [2.75, 3.05) is 17.1 Å². The SMILES string of the molecule is CC[C@H](C(=O)NCCCc1ccccc1)N(c1cc(Cl)cc(Cl)c1)S(C)(=O)=O. The van der Waals surface area contributed by atoms with E-state index in [1.54, 1.807) is 6.92 Å². The topological polar surface area (TPSA) is 66.5 Å². The molecule has 0 spiro atoms. The Morgan fingerprint density at radius 3 is 2.25 bits per heavy atom. The lowest BCUT2D eigenvalue weighted by Crippen LogP contribution is -2.49. The zero-order valence-corrected chi connectivity index (χ0v) is 18.2. The van der Waals surface area contributed by atoms with Gasteiger partial charge in [0.2, 0.25) is 15.9 Å². The number of halogens is 2. The second-order valence-corrected chi connectivity index (χ2v) is 9.22. The zero-order valence-electron chi connectivity index (χ0n) is 15.9. The Balaban J connectivity index is 2.11. The summed E-state index contributed by atoms with van der Waals surface area (Å²) in [5.41, 5.74) is 1.46.